The molecule has 0 unspecified atom stereocenters. The van der Waals surface area contributed by atoms with E-state index in [0.29, 0.717) is 17.9 Å². The largest absolute Gasteiger partial charge is 0.465 e. The van der Waals surface area contributed by atoms with Crippen LogP contribution in [0.5, 0.6) is 0 Å². The van der Waals surface area contributed by atoms with Gasteiger partial charge in [-0.05, 0) is 38.1 Å². The standard InChI is InChI=1S/C21H21NO4/c1-14(2)22(13-16-12-15-8-4-7-11-19(15)26-16)20(23)17-9-5-6-10-18(17)21(24)25-3/h4-12,14H,13H2,1-3H3. The van der Waals surface area contributed by atoms with Gasteiger partial charge in [0.15, 0.2) is 0 Å². The van der Waals surface area contributed by atoms with E-state index in [0.717, 1.165) is 11.0 Å². The summed E-state index contributed by atoms with van der Waals surface area (Å²) in [4.78, 5) is 26.8. The Balaban J connectivity index is 1.93. The van der Waals surface area contributed by atoms with Crippen LogP contribution in [0.25, 0.3) is 11.0 Å². The Kier molecular flexibility index (Phi) is 5.07. The third-order valence-corrected chi connectivity index (χ3v) is 4.25. The fourth-order valence-corrected chi connectivity index (χ4v) is 2.88. The second-order valence-electron chi connectivity index (χ2n) is 6.31. The number of amides is 1. The zero-order valence-electron chi connectivity index (χ0n) is 15.1. The lowest BCUT2D eigenvalue weighted by Crippen LogP contribution is -2.37. The van der Waals surface area contributed by atoms with Crippen molar-refractivity contribution in [2.45, 2.75) is 26.4 Å². The fourth-order valence-electron chi connectivity index (χ4n) is 2.88. The highest BCUT2D eigenvalue weighted by molar-refractivity contribution is 6.05. The summed E-state index contributed by atoms with van der Waals surface area (Å²) in [6, 6.07) is 16.3. The molecular formula is C21H21NO4. The number of hydrogen-bond acceptors (Lipinski definition) is 4. The molecule has 26 heavy (non-hydrogen) atoms. The van der Waals surface area contributed by atoms with Gasteiger partial charge in [0.1, 0.15) is 11.3 Å². The van der Waals surface area contributed by atoms with E-state index >= 15 is 0 Å². The van der Waals surface area contributed by atoms with Crippen molar-refractivity contribution >= 4 is 22.8 Å². The molecule has 0 spiro atoms. The summed E-state index contributed by atoms with van der Waals surface area (Å²) in [5.41, 5.74) is 1.37. The number of nitrogens with zero attached hydrogens (tertiary/aromatic N) is 1. The molecule has 0 atom stereocenters. The molecule has 0 saturated carbocycles. The molecule has 1 aromatic heterocycles. The Morgan fingerprint density at radius 3 is 2.35 bits per heavy atom. The van der Waals surface area contributed by atoms with Gasteiger partial charge in [0, 0.05) is 11.4 Å². The van der Waals surface area contributed by atoms with Crippen molar-refractivity contribution in [1.29, 1.82) is 0 Å². The van der Waals surface area contributed by atoms with Crippen LogP contribution in [0.1, 0.15) is 40.3 Å². The zero-order chi connectivity index (χ0) is 18.7. The average molecular weight is 351 g/mol. The summed E-state index contributed by atoms with van der Waals surface area (Å²) in [6.07, 6.45) is 0. The Labute approximate surface area is 152 Å². The second-order valence-corrected chi connectivity index (χ2v) is 6.31. The number of hydrogen-bond donors (Lipinski definition) is 0. The molecule has 0 fully saturated rings. The number of furan rings is 1. The minimum absolute atomic E-state index is 0.0681. The summed E-state index contributed by atoms with van der Waals surface area (Å²) in [5.74, 6) is -0.0633. The van der Waals surface area contributed by atoms with Crippen molar-refractivity contribution in [3.63, 3.8) is 0 Å². The second kappa shape index (κ2) is 7.44. The molecule has 0 radical (unpaired) electrons. The van der Waals surface area contributed by atoms with E-state index < -0.39 is 5.97 Å². The van der Waals surface area contributed by atoms with Crippen LogP contribution < -0.4 is 0 Å². The fraction of sp³-hybridized carbons (Fsp3) is 0.238. The average Bonchev–Trinajstić information content (AvgIpc) is 3.07. The Morgan fingerprint density at radius 2 is 1.69 bits per heavy atom. The maximum absolute atomic E-state index is 13.1. The highest BCUT2D eigenvalue weighted by Crippen LogP contribution is 2.22. The predicted molar refractivity (Wildman–Crippen MR) is 99.0 cm³/mol. The maximum Gasteiger partial charge on any atom is 0.338 e. The van der Waals surface area contributed by atoms with Crippen molar-refractivity contribution in [3.8, 4) is 0 Å². The summed E-state index contributed by atoms with van der Waals surface area (Å²) in [5, 5.41) is 0.994. The van der Waals surface area contributed by atoms with Gasteiger partial charge in [-0.2, -0.15) is 0 Å². The highest BCUT2D eigenvalue weighted by Gasteiger charge is 2.25. The molecule has 3 aromatic rings. The number of methoxy groups -OCH3 is 1. The Morgan fingerprint density at radius 1 is 1.04 bits per heavy atom. The molecule has 5 nitrogen and oxygen atoms in total. The normalized spacial score (nSPS) is 10.9. The van der Waals surface area contributed by atoms with Gasteiger partial charge in [0.25, 0.3) is 5.91 Å². The van der Waals surface area contributed by atoms with Gasteiger partial charge in [-0.25, -0.2) is 4.79 Å². The molecule has 0 N–H and O–H groups in total. The summed E-state index contributed by atoms with van der Waals surface area (Å²) < 4.78 is 10.6. The Bertz CT molecular complexity index is 909. The van der Waals surface area contributed by atoms with E-state index in [-0.39, 0.29) is 17.5 Å². The lowest BCUT2D eigenvalue weighted by atomic mass is 10.1. The smallest absolute Gasteiger partial charge is 0.338 e. The van der Waals surface area contributed by atoms with Crippen LogP contribution in [0, 0.1) is 0 Å². The molecule has 3 rings (SSSR count). The number of esters is 1. The topological polar surface area (TPSA) is 59.8 Å². The first kappa shape index (κ1) is 17.7. The van der Waals surface area contributed by atoms with Crippen molar-refractivity contribution in [3.05, 3.63) is 71.5 Å². The number of benzene rings is 2. The van der Waals surface area contributed by atoms with E-state index in [9.17, 15) is 9.59 Å². The van der Waals surface area contributed by atoms with Crippen LogP contribution in [0.3, 0.4) is 0 Å². The van der Waals surface area contributed by atoms with Crippen molar-refractivity contribution in [2.75, 3.05) is 7.11 Å². The van der Waals surface area contributed by atoms with E-state index in [2.05, 4.69) is 0 Å². The quantitative estimate of drug-likeness (QED) is 0.644. The first-order chi connectivity index (χ1) is 12.5. The minimum Gasteiger partial charge on any atom is -0.465 e. The molecule has 5 heteroatoms. The van der Waals surface area contributed by atoms with Crippen LogP contribution in [-0.4, -0.2) is 29.9 Å². The third-order valence-electron chi connectivity index (χ3n) is 4.25. The van der Waals surface area contributed by atoms with Gasteiger partial charge >= 0.3 is 5.97 Å². The molecule has 0 saturated heterocycles. The van der Waals surface area contributed by atoms with E-state index in [1.165, 1.54) is 7.11 Å². The Hall–Kier alpha value is -3.08. The first-order valence-electron chi connectivity index (χ1n) is 8.47. The number of rotatable bonds is 5. The summed E-state index contributed by atoms with van der Waals surface area (Å²) in [6.45, 7) is 4.18. The van der Waals surface area contributed by atoms with Gasteiger partial charge in [0.2, 0.25) is 0 Å². The van der Waals surface area contributed by atoms with Gasteiger partial charge in [-0.3, -0.25) is 4.79 Å². The summed E-state index contributed by atoms with van der Waals surface area (Å²) in [7, 11) is 1.30. The predicted octanol–water partition coefficient (Wildman–Crippen LogP) is 4.27. The molecule has 0 bridgehead atoms. The van der Waals surface area contributed by atoms with Gasteiger partial charge in [0.05, 0.1) is 24.8 Å². The summed E-state index contributed by atoms with van der Waals surface area (Å²) >= 11 is 0. The number of para-hydroxylation sites is 1. The van der Waals surface area contributed by atoms with Crippen LogP contribution >= 0.6 is 0 Å². The number of fused-ring (bicyclic) bond motifs is 1. The van der Waals surface area contributed by atoms with Crippen molar-refractivity contribution < 1.29 is 18.7 Å². The first-order valence-corrected chi connectivity index (χ1v) is 8.47. The molecular weight excluding hydrogens is 330 g/mol. The molecule has 2 aromatic carbocycles. The zero-order valence-corrected chi connectivity index (χ0v) is 15.1. The molecule has 134 valence electrons. The lowest BCUT2D eigenvalue weighted by Gasteiger charge is -2.26. The van der Waals surface area contributed by atoms with E-state index in [4.69, 9.17) is 9.15 Å². The molecule has 0 aliphatic heterocycles. The molecule has 0 aliphatic rings. The molecule has 0 aliphatic carbocycles. The molecule has 1 amide bonds. The van der Waals surface area contributed by atoms with Gasteiger partial charge in [-0.15, -0.1) is 0 Å². The number of ether oxygens (including phenoxy) is 1. The maximum atomic E-state index is 13.1. The minimum atomic E-state index is -0.526. The van der Waals surface area contributed by atoms with Crippen LogP contribution in [0.15, 0.2) is 59.0 Å². The number of carbonyl (C=O) groups excluding carboxylic acids is 2. The van der Waals surface area contributed by atoms with E-state index in [1.807, 2.05) is 44.2 Å². The van der Waals surface area contributed by atoms with E-state index in [1.54, 1.807) is 29.2 Å². The number of carbonyl (C=O) groups is 2. The van der Waals surface area contributed by atoms with Crippen molar-refractivity contribution in [2.24, 2.45) is 0 Å². The molecule has 1 heterocycles. The van der Waals surface area contributed by atoms with Gasteiger partial charge in [-0.1, -0.05) is 30.3 Å². The van der Waals surface area contributed by atoms with Crippen molar-refractivity contribution in [1.82, 2.24) is 4.90 Å². The lowest BCUT2D eigenvalue weighted by molar-refractivity contribution is 0.0581. The van der Waals surface area contributed by atoms with Crippen LogP contribution in [-0.2, 0) is 11.3 Å². The monoisotopic (exact) mass is 351 g/mol. The SMILES string of the molecule is COC(=O)c1ccccc1C(=O)N(Cc1cc2ccccc2o1)C(C)C. The van der Waals surface area contributed by atoms with Crippen LogP contribution in [0.2, 0.25) is 0 Å². The van der Waals surface area contributed by atoms with Crippen LogP contribution in [0.4, 0.5) is 0 Å². The third kappa shape index (κ3) is 3.47. The van der Waals surface area contributed by atoms with Gasteiger partial charge < -0.3 is 14.1 Å². The highest BCUT2D eigenvalue weighted by atomic mass is 16.5.